The number of anilines is 1. The molecule has 1 aromatic heterocycles. The third-order valence-electron chi connectivity index (χ3n) is 5.21. The second-order valence-corrected chi connectivity index (χ2v) is 7.91. The Balaban J connectivity index is 1.33. The Labute approximate surface area is 169 Å². The number of rotatable bonds is 9. The first-order chi connectivity index (χ1) is 13.6. The van der Waals surface area contributed by atoms with Gasteiger partial charge in [-0.05, 0) is 25.3 Å². The molecular weight excluding hydrogens is 348 g/mol. The fourth-order valence-electron chi connectivity index (χ4n) is 3.52. The second kappa shape index (κ2) is 10.5. The van der Waals surface area contributed by atoms with E-state index in [-0.39, 0.29) is 0 Å². The summed E-state index contributed by atoms with van der Waals surface area (Å²) in [6.07, 6.45) is 2.09. The zero-order chi connectivity index (χ0) is 19.8. The first kappa shape index (κ1) is 20.7. The highest BCUT2D eigenvalue weighted by Crippen LogP contribution is 2.18. The number of aryl methyl sites for hydroxylation is 1. The highest BCUT2D eigenvalue weighted by molar-refractivity contribution is 5.40. The Bertz CT molecular complexity index is 712. The van der Waals surface area contributed by atoms with E-state index in [0.717, 1.165) is 76.1 Å². The molecule has 5 heteroatoms. The van der Waals surface area contributed by atoms with Gasteiger partial charge in [-0.1, -0.05) is 44.2 Å². The molecular formula is C23H34N4O. The quantitative estimate of drug-likeness (QED) is 0.619. The molecule has 0 spiro atoms. The van der Waals surface area contributed by atoms with E-state index in [1.165, 1.54) is 5.56 Å². The molecule has 1 saturated heterocycles. The minimum Gasteiger partial charge on any atom is -0.381 e. The molecule has 1 aromatic carbocycles. The van der Waals surface area contributed by atoms with Crippen LogP contribution in [0.1, 0.15) is 43.3 Å². The van der Waals surface area contributed by atoms with Crippen LogP contribution in [0.2, 0.25) is 0 Å². The molecule has 0 bridgehead atoms. The fraction of sp³-hybridized carbons (Fsp3) is 0.565. The molecule has 1 fully saturated rings. The highest BCUT2D eigenvalue weighted by atomic mass is 16.5. The van der Waals surface area contributed by atoms with Gasteiger partial charge in [0.1, 0.15) is 11.6 Å². The summed E-state index contributed by atoms with van der Waals surface area (Å²) in [5.74, 6) is 2.40. The van der Waals surface area contributed by atoms with E-state index in [9.17, 15) is 0 Å². The Morgan fingerprint density at radius 1 is 1.00 bits per heavy atom. The molecule has 0 aliphatic carbocycles. The van der Waals surface area contributed by atoms with Gasteiger partial charge >= 0.3 is 0 Å². The standard InChI is InChI=1S/C23H34N4O/c1-19(2)23-24-20(3)18-22(25-23)27-14-12-26(13-15-27)11-7-16-28-17-10-21-8-5-4-6-9-21/h4-6,8-9,18-19H,7,10-17H2,1-3H3. The number of benzene rings is 1. The van der Waals surface area contributed by atoms with Crippen molar-refractivity contribution in [2.45, 2.75) is 39.5 Å². The molecule has 0 unspecified atom stereocenters. The van der Waals surface area contributed by atoms with Crippen LogP contribution < -0.4 is 4.90 Å². The van der Waals surface area contributed by atoms with Crippen LogP contribution in [0.15, 0.2) is 36.4 Å². The van der Waals surface area contributed by atoms with Crippen molar-refractivity contribution in [1.29, 1.82) is 0 Å². The number of ether oxygens (including phenoxy) is 1. The summed E-state index contributed by atoms with van der Waals surface area (Å²) < 4.78 is 5.81. The predicted octanol–water partition coefficient (Wildman–Crippen LogP) is 3.68. The molecule has 0 radical (unpaired) electrons. The maximum absolute atomic E-state index is 5.81. The average molecular weight is 383 g/mol. The van der Waals surface area contributed by atoms with Crippen LogP contribution in [0.25, 0.3) is 0 Å². The first-order valence-electron chi connectivity index (χ1n) is 10.6. The van der Waals surface area contributed by atoms with Crippen molar-refractivity contribution < 1.29 is 4.74 Å². The lowest BCUT2D eigenvalue weighted by molar-refractivity contribution is 0.122. The summed E-state index contributed by atoms with van der Waals surface area (Å²) in [5.41, 5.74) is 2.41. The third kappa shape index (κ3) is 6.28. The number of hydrogen-bond donors (Lipinski definition) is 0. The Hall–Kier alpha value is -1.98. The molecule has 0 saturated carbocycles. The molecule has 0 N–H and O–H groups in total. The van der Waals surface area contributed by atoms with Gasteiger partial charge < -0.3 is 9.64 Å². The van der Waals surface area contributed by atoms with Gasteiger partial charge in [0.15, 0.2) is 0 Å². The van der Waals surface area contributed by atoms with E-state index in [1.807, 2.05) is 0 Å². The lowest BCUT2D eigenvalue weighted by atomic mass is 10.2. The van der Waals surface area contributed by atoms with E-state index in [1.54, 1.807) is 0 Å². The molecule has 3 rings (SSSR count). The number of aromatic nitrogens is 2. The van der Waals surface area contributed by atoms with E-state index >= 15 is 0 Å². The Morgan fingerprint density at radius 3 is 2.46 bits per heavy atom. The molecule has 0 atom stereocenters. The fourth-order valence-corrected chi connectivity index (χ4v) is 3.52. The Kier molecular flexibility index (Phi) is 7.80. The monoisotopic (exact) mass is 382 g/mol. The van der Waals surface area contributed by atoms with Crippen molar-refractivity contribution in [3.63, 3.8) is 0 Å². The van der Waals surface area contributed by atoms with Crippen LogP contribution in [0, 0.1) is 6.92 Å². The Morgan fingerprint density at radius 2 is 1.75 bits per heavy atom. The van der Waals surface area contributed by atoms with Gasteiger partial charge in [0.25, 0.3) is 0 Å². The van der Waals surface area contributed by atoms with Crippen LogP contribution in [0.5, 0.6) is 0 Å². The summed E-state index contributed by atoms with van der Waals surface area (Å²) in [7, 11) is 0. The smallest absolute Gasteiger partial charge is 0.133 e. The lowest BCUT2D eigenvalue weighted by Crippen LogP contribution is -2.47. The summed E-state index contributed by atoms with van der Waals surface area (Å²) in [4.78, 5) is 14.3. The number of nitrogens with zero attached hydrogens (tertiary/aromatic N) is 4. The topological polar surface area (TPSA) is 41.5 Å². The van der Waals surface area contributed by atoms with Gasteiger partial charge in [-0.2, -0.15) is 0 Å². The third-order valence-corrected chi connectivity index (χ3v) is 5.21. The van der Waals surface area contributed by atoms with E-state index in [2.05, 4.69) is 72.0 Å². The SMILES string of the molecule is Cc1cc(N2CCN(CCCOCCc3ccccc3)CC2)nc(C(C)C)n1. The van der Waals surface area contributed by atoms with Crippen molar-refractivity contribution in [3.8, 4) is 0 Å². The summed E-state index contributed by atoms with van der Waals surface area (Å²) >= 11 is 0. The van der Waals surface area contributed by atoms with Crippen LogP contribution in [-0.4, -0.2) is 60.8 Å². The average Bonchev–Trinajstić information content (AvgIpc) is 2.71. The molecule has 28 heavy (non-hydrogen) atoms. The van der Waals surface area contributed by atoms with E-state index < -0.39 is 0 Å². The molecule has 2 aromatic rings. The van der Waals surface area contributed by atoms with Gasteiger partial charge in [0, 0.05) is 57.0 Å². The molecule has 152 valence electrons. The van der Waals surface area contributed by atoms with Crippen molar-refractivity contribution in [1.82, 2.24) is 14.9 Å². The van der Waals surface area contributed by atoms with Crippen LogP contribution >= 0.6 is 0 Å². The molecule has 1 aliphatic rings. The largest absolute Gasteiger partial charge is 0.381 e. The lowest BCUT2D eigenvalue weighted by Gasteiger charge is -2.35. The van der Waals surface area contributed by atoms with Gasteiger partial charge in [0.05, 0.1) is 6.61 Å². The summed E-state index contributed by atoms with van der Waals surface area (Å²) in [6, 6.07) is 12.7. The minimum atomic E-state index is 0.363. The highest BCUT2D eigenvalue weighted by Gasteiger charge is 2.19. The summed E-state index contributed by atoms with van der Waals surface area (Å²) in [6.45, 7) is 13.4. The zero-order valence-electron chi connectivity index (χ0n) is 17.6. The van der Waals surface area contributed by atoms with Gasteiger partial charge in [-0.3, -0.25) is 4.90 Å². The molecule has 0 amide bonds. The van der Waals surface area contributed by atoms with Crippen molar-refractivity contribution in [2.24, 2.45) is 0 Å². The van der Waals surface area contributed by atoms with Gasteiger partial charge in [-0.25, -0.2) is 9.97 Å². The predicted molar refractivity (Wildman–Crippen MR) is 115 cm³/mol. The van der Waals surface area contributed by atoms with Crippen LogP contribution in [0.4, 0.5) is 5.82 Å². The zero-order valence-corrected chi connectivity index (χ0v) is 17.6. The van der Waals surface area contributed by atoms with Crippen molar-refractivity contribution >= 4 is 5.82 Å². The minimum absolute atomic E-state index is 0.363. The van der Waals surface area contributed by atoms with Gasteiger partial charge in [-0.15, -0.1) is 0 Å². The summed E-state index contributed by atoms with van der Waals surface area (Å²) in [5, 5.41) is 0. The number of piperazine rings is 1. The maximum atomic E-state index is 5.81. The van der Waals surface area contributed by atoms with Gasteiger partial charge in [0.2, 0.25) is 0 Å². The van der Waals surface area contributed by atoms with Crippen LogP contribution in [-0.2, 0) is 11.2 Å². The molecule has 1 aliphatic heterocycles. The van der Waals surface area contributed by atoms with E-state index in [0.29, 0.717) is 5.92 Å². The van der Waals surface area contributed by atoms with E-state index in [4.69, 9.17) is 9.72 Å². The number of hydrogen-bond acceptors (Lipinski definition) is 5. The normalized spacial score (nSPS) is 15.4. The maximum Gasteiger partial charge on any atom is 0.133 e. The second-order valence-electron chi connectivity index (χ2n) is 7.91. The van der Waals surface area contributed by atoms with Crippen molar-refractivity contribution in [3.05, 3.63) is 53.5 Å². The molecule has 5 nitrogen and oxygen atoms in total. The van der Waals surface area contributed by atoms with Crippen molar-refractivity contribution in [2.75, 3.05) is 50.8 Å². The molecule has 2 heterocycles. The van der Waals surface area contributed by atoms with Crippen LogP contribution in [0.3, 0.4) is 0 Å². The first-order valence-corrected chi connectivity index (χ1v) is 10.6.